The van der Waals surface area contributed by atoms with E-state index in [1.54, 1.807) is 0 Å². The average Bonchev–Trinajstić information content (AvgIpc) is 2.32. The van der Waals surface area contributed by atoms with Crippen molar-refractivity contribution >= 4 is 21.8 Å². The molecule has 0 aromatic rings. The highest BCUT2D eigenvalue weighted by molar-refractivity contribution is 7.90. The summed E-state index contributed by atoms with van der Waals surface area (Å²) < 4.78 is 22.1. The Bertz CT molecular complexity index is 479. The molecule has 1 aliphatic heterocycles. The van der Waals surface area contributed by atoms with Gasteiger partial charge < -0.3 is 20.6 Å². The van der Waals surface area contributed by atoms with E-state index < -0.39 is 27.9 Å². The van der Waals surface area contributed by atoms with Crippen LogP contribution in [-0.4, -0.2) is 74.7 Å². The fourth-order valence-corrected chi connectivity index (χ4v) is 2.92. The minimum absolute atomic E-state index is 0.0203. The summed E-state index contributed by atoms with van der Waals surface area (Å²) in [5.41, 5.74) is 0. The number of rotatable bonds is 6. The number of piperidine rings is 1. The van der Waals surface area contributed by atoms with Crippen LogP contribution in [0.25, 0.3) is 0 Å². The molecule has 0 aromatic carbocycles. The number of carbonyl (C=O) groups excluding carboxylic acids is 1. The maximum Gasteiger partial charge on any atom is 0.326 e. The number of urea groups is 1. The van der Waals surface area contributed by atoms with Gasteiger partial charge in [-0.2, -0.15) is 0 Å². The quantitative estimate of drug-likeness (QED) is 0.594. The first kappa shape index (κ1) is 17.7. The lowest BCUT2D eigenvalue weighted by Crippen LogP contribution is -2.53. The molecule has 2 unspecified atom stereocenters. The molecule has 1 rings (SSSR count). The van der Waals surface area contributed by atoms with Gasteiger partial charge in [0, 0.05) is 18.8 Å². The molecule has 2 atom stereocenters. The normalized spacial score (nSPS) is 21.5. The number of likely N-dealkylation sites (tertiary alicyclic amines) is 1. The van der Waals surface area contributed by atoms with Crippen molar-refractivity contribution in [3.63, 3.8) is 0 Å². The zero-order valence-corrected chi connectivity index (χ0v) is 13.1. The molecule has 21 heavy (non-hydrogen) atoms. The molecule has 1 fully saturated rings. The van der Waals surface area contributed by atoms with Crippen LogP contribution in [0.4, 0.5) is 4.79 Å². The van der Waals surface area contributed by atoms with Gasteiger partial charge in [0.05, 0.1) is 5.75 Å². The van der Waals surface area contributed by atoms with Crippen molar-refractivity contribution in [2.45, 2.75) is 31.3 Å². The molecule has 122 valence electrons. The van der Waals surface area contributed by atoms with Crippen LogP contribution in [0.15, 0.2) is 0 Å². The molecule has 0 aromatic heterocycles. The molecule has 0 saturated carbocycles. The predicted molar refractivity (Wildman–Crippen MR) is 77.9 cm³/mol. The van der Waals surface area contributed by atoms with E-state index >= 15 is 0 Å². The van der Waals surface area contributed by atoms with E-state index in [4.69, 9.17) is 5.11 Å². The van der Waals surface area contributed by atoms with Crippen molar-refractivity contribution in [1.29, 1.82) is 0 Å². The topological polar surface area (TPSA) is 116 Å². The predicted octanol–water partition coefficient (Wildman–Crippen LogP) is -0.732. The first-order valence-electron chi connectivity index (χ1n) is 6.83. The summed E-state index contributed by atoms with van der Waals surface area (Å²) >= 11 is 0. The molecular formula is C12H23N3O5S. The summed E-state index contributed by atoms with van der Waals surface area (Å²) in [7, 11) is -1.31. The second-order valence-corrected chi connectivity index (χ2v) is 7.79. The van der Waals surface area contributed by atoms with Crippen LogP contribution >= 0.6 is 0 Å². The molecule has 0 radical (unpaired) electrons. The zero-order valence-electron chi connectivity index (χ0n) is 12.3. The largest absolute Gasteiger partial charge is 0.480 e. The Hall–Kier alpha value is -1.35. The highest BCUT2D eigenvalue weighted by Gasteiger charge is 2.24. The summed E-state index contributed by atoms with van der Waals surface area (Å²) in [5.74, 6) is -1.52. The standard InChI is InChI=1S/C12H23N3O5S/c1-15-6-3-4-9(8-15)13-12(18)14-10(11(16)17)5-7-21(2,19)20/h9-10H,3-8H2,1-2H3,(H,16,17)(H2,13,14,18). The summed E-state index contributed by atoms with van der Waals surface area (Å²) in [6.07, 6.45) is 2.70. The molecule has 1 saturated heterocycles. The number of likely N-dealkylation sites (N-methyl/N-ethyl adjacent to an activating group) is 1. The van der Waals surface area contributed by atoms with E-state index in [1.807, 2.05) is 7.05 Å². The van der Waals surface area contributed by atoms with E-state index in [0.29, 0.717) is 6.54 Å². The van der Waals surface area contributed by atoms with Crippen LogP contribution in [0.3, 0.4) is 0 Å². The van der Waals surface area contributed by atoms with Crippen molar-refractivity contribution in [3.05, 3.63) is 0 Å². The third kappa shape index (κ3) is 7.28. The van der Waals surface area contributed by atoms with Crippen molar-refractivity contribution in [3.8, 4) is 0 Å². The lowest BCUT2D eigenvalue weighted by molar-refractivity contribution is -0.139. The maximum atomic E-state index is 11.8. The van der Waals surface area contributed by atoms with E-state index in [2.05, 4.69) is 15.5 Å². The number of carbonyl (C=O) groups is 2. The van der Waals surface area contributed by atoms with Crippen molar-refractivity contribution in [2.24, 2.45) is 0 Å². The Kier molecular flexibility index (Phi) is 6.41. The SMILES string of the molecule is CN1CCCC(NC(=O)NC(CCS(C)(=O)=O)C(=O)O)C1. The third-order valence-electron chi connectivity index (χ3n) is 3.34. The molecule has 8 nitrogen and oxygen atoms in total. The van der Waals surface area contributed by atoms with Crippen LogP contribution in [0.2, 0.25) is 0 Å². The van der Waals surface area contributed by atoms with Gasteiger partial charge in [0.15, 0.2) is 0 Å². The van der Waals surface area contributed by atoms with E-state index in [-0.39, 0.29) is 18.2 Å². The number of sulfone groups is 1. The van der Waals surface area contributed by atoms with E-state index in [9.17, 15) is 18.0 Å². The van der Waals surface area contributed by atoms with Crippen LogP contribution in [0.5, 0.6) is 0 Å². The molecule has 1 heterocycles. The molecular weight excluding hydrogens is 298 g/mol. The van der Waals surface area contributed by atoms with Crippen molar-refractivity contribution < 1.29 is 23.1 Å². The number of carboxylic acid groups (broad SMARTS) is 1. The van der Waals surface area contributed by atoms with Gasteiger partial charge in [-0.15, -0.1) is 0 Å². The number of nitrogens with zero attached hydrogens (tertiary/aromatic N) is 1. The number of hydrogen-bond acceptors (Lipinski definition) is 5. The Morgan fingerprint density at radius 3 is 2.62 bits per heavy atom. The first-order chi connectivity index (χ1) is 9.67. The molecule has 3 N–H and O–H groups in total. The van der Waals surface area contributed by atoms with E-state index in [1.165, 1.54) is 0 Å². The Balaban J connectivity index is 2.46. The van der Waals surface area contributed by atoms with Gasteiger partial charge in [0.2, 0.25) is 0 Å². The molecule has 2 amide bonds. The smallest absolute Gasteiger partial charge is 0.326 e. The second kappa shape index (κ2) is 7.60. The van der Waals surface area contributed by atoms with Gasteiger partial charge in [-0.25, -0.2) is 18.0 Å². The fraction of sp³-hybridized carbons (Fsp3) is 0.833. The number of aliphatic carboxylic acids is 1. The second-order valence-electron chi connectivity index (χ2n) is 5.53. The molecule has 0 aliphatic carbocycles. The van der Waals surface area contributed by atoms with Gasteiger partial charge in [-0.3, -0.25) is 0 Å². The molecule has 9 heteroatoms. The lowest BCUT2D eigenvalue weighted by atomic mass is 10.1. The van der Waals surface area contributed by atoms with Gasteiger partial charge in [0.25, 0.3) is 0 Å². The van der Waals surface area contributed by atoms with Crippen molar-refractivity contribution in [2.75, 3.05) is 32.1 Å². The van der Waals surface area contributed by atoms with Gasteiger partial charge in [-0.05, 0) is 32.9 Å². The van der Waals surface area contributed by atoms with Gasteiger partial charge >= 0.3 is 12.0 Å². The maximum absolute atomic E-state index is 11.8. The molecule has 0 spiro atoms. The van der Waals surface area contributed by atoms with Gasteiger partial charge in [-0.1, -0.05) is 0 Å². The molecule has 0 bridgehead atoms. The average molecular weight is 321 g/mol. The number of carboxylic acids is 1. The number of nitrogens with one attached hydrogen (secondary N) is 2. The number of amides is 2. The Morgan fingerprint density at radius 2 is 2.10 bits per heavy atom. The summed E-state index contributed by atoms with van der Waals surface area (Å²) in [5, 5.41) is 14.1. The summed E-state index contributed by atoms with van der Waals surface area (Å²) in [6.45, 7) is 1.69. The highest BCUT2D eigenvalue weighted by Crippen LogP contribution is 2.07. The zero-order chi connectivity index (χ0) is 16.0. The van der Waals surface area contributed by atoms with Crippen molar-refractivity contribution in [1.82, 2.24) is 15.5 Å². The van der Waals surface area contributed by atoms with Gasteiger partial charge in [0.1, 0.15) is 15.9 Å². The summed E-state index contributed by atoms with van der Waals surface area (Å²) in [6, 6.07) is -1.80. The monoisotopic (exact) mass is 321 g/mol. The Labute approximate surface area is 124 Å². The summed E-state index contributed by atoms with van der Waals surface area (Å²) in [4.78, 5) is 24.9. The Morgan fingerprint density at radius 1 is 1.43 bits per heavy atom. The van der Waals surface area contributed by atoms with E-state index in [0.717, 1.165) is 25.6 Å². The molecule has 1 aliphatic rings. The highest BCUT2D eigenvalue weighted by atomic mass is 32.2. The third-order valence-corrected chi connectivity index (χ3v) is 4.32. The first-order valence-corrected chi connectivity index (χ1v) is 8.89. The fourth-order valence-electron chi connectivity index (χ4n) is 2.26. The van der Waals surface area contributed by atoms with Crippen LogP contribution in [-0.2, 0) is 14.6 Å². The minimum atomic E-state index is -3.26. The lowest BCUT2D eigenvalue weighted by Gasteiger charge is -2.30. The van der Waals surface area contributed by atoms with Crippen LogP contribution < -0.4 is 10.6 Å². The van der Waals surface area contributed by atoms with Crippen LogP contribution in [0, 0.1) is 0 Å². The number of hydrogen-bond donors (Lipinski definition) is 3. The minimum Gasteiger partial charge on any atom is -0.480 e. The van der Waals surface area contributed by atoms with Crippen LogP contribution in [0.1, 0.15) is 19.3 Å².